The molecule has 1 aliphatic rings. The van der Waals surface area contributed by atoms with Crippen LogP contribution in [-0.2, 0) is 0 Å². The summed E-state index contributed by atoms with van der Waals surface area (Å²) in [7, 11) is 0. The normalized spacial score (nSPS) is 15.6. The first-order chi connectivity index (χ1) is 10.8. The zero-order chi connectivity index (χ0) is 15.2. The van der Waals surface area contributed by atoms with E-state index in [4.69, 9.17) is 0 Å². The van der Waals surface area contributed by atoms with Gasteiger partial charge in [0.2, 0.25) is 0 Å². The highest BCUT2D eigenvalue weighted by Gasteiger charge is 2.13. The predicted octanol–water partition coefficient (Wildman–Crippen LogP) is -0.0977. The number of rotatable bonds is 5. The number of amides is 1. The van der Waals surface area contributed by atoms with Crippen molar-refractivity contribution in [1.82, 2.24) is 30.3 Å². The minimum atomic E-state index is -0.0700. The fourth-order valence-electron chi connectivity index (χ4n) is 2.57. The molecule has 1 amide bonds. The van der Waals surface area contributed by atoms with Gasteiger partial charge < -0.3 is 10.6 Å². The van der Waals surface area contributed by atoms with Gasteiger partial charge >= 0.3 is 0 Å². The highest BCUT2D eigenvalue weighted by atomic mass is 16.1. The molecule has 1 saturated heterocycles. The van der Waals surface area contributed by atoms with E-state index in [1.807, 2.05) is 24.3 Å². The number of carbonyl (C=O) groups excluding carboxylic acids is 1. The van der Waals surface area contributed by atoms with E-state index in [2.05, 4.69) is 25.7 Å². The number of piperazine rings is 1. The summed E-state index contributed by atoms with van der Waals surface area (Å²) in [5.41, 5.74) is 1.41. The van der Waals surface area contributed by atoms with Crippen LogP contribution in [0, 0.1) is 0 Å². The molecule has 0 aliphatic carbocycles. The van der Waals surface area contributed by atoms with Gasteiger partial charge in [0, 0.05) is 39.3 Å². The van der Waals surface area contributed by atoms with Crippen LogP contribution in [-0.4, -0.2) is 64.8 Å². The molecular formula is C15H20N6O. The van der Waals surface area contributed by atoms with Crippen molar-refractivity contribution in [3.63, 3.8) is 0 Å². The lowest BCUT2D eigenvalue weighted by molar-refractivity contribution is 0.0947. The lowest BCUT2D eigenvalue weighted by atomic mass is 10.1. The molecule has 0 saturated carbocycles. The third-order valence-corrected chi connectivity index (χ3v) is 3.77. The average molecular weight is 300 g/mol. The van der Waals surface area contributed by atoms with Crippen LogP contribution in [0.5, 0.6) is 0 Å². The van der Waals surface area contributed by atoms with E-state index in [1.165, 1.54) is 0 Å². The number of hydrogen-bond acceptors (Lipinski definition) is 5. The van der Waals surface area contributed by atoms with Crippen molar-refractivity contribution in [2.45, 2.75) is 0 Å². The highest BCUT2D eigenvalue weighted by molar-refractivity contribution is 5.97. The van der Waals surface area contributed by atoms with Crippen molar-refractivity contribution in [2.75, 3.05) is 39.3 Å². The molecule has 3 rings (SSSR count). The molecule has 0 atom stereocenters. The molecule has 7 nitrogen and oxygen atoms in total. The predicted molar refractivity (Wildman–Crippen MR) is 83.0 cm³/mol. The number of nitrogens with one attached hydrogen (secondary N) is 2. The third-order valence-electron chi connectivity index (χ3n) is 3.77. The molecule has 22 heavy (non-hydrogen) atoms. The van der Waals surface area contributed by atoms with Crippen LogP contribution in [0.3, 0.4) is 0 Å². The molecule has 2 aromatic rings. The lowest BCUT2D eigenvalue weighted by Crippen LogP contribution is -2.46. The van der Waals surface area contributed by atoms with Crippen LogP contribution in [0.15, 0.2) is 36.9 Å². The van der Waals surface area contributed by atoms with Crippen molar-refractivity contribution < 1.29 is 4.79 Å². The van der Waals surface area contributed by atoms with Gasteiger partial charge in [0.15, 0.2) is 0 Å². The van der Waals surface area contributed by atoms with Gasteiger partial charge in [-0.3, -0.25) is 14.3 Å². The molecule has 0 spiro atoms. The van der Waals surface area contributed by atoms with Crippen LogP contribution in [0.4, 0.5) is 0 Å². The number of carbonyl (C=O) groups is 1. The molecule has 0 radical (unpaired) electrons. The number of hydrogen-bond donors (Lipinski definition) is 2. The number of benzene rings is 1. The summed E-state index contributed by atoms with van der Waals surface area (Å²) in [6, 6.07) is 7.45. The maximum Gasteiger partial charge on any atom is 0.253 e. The smallest absolute Gasteiger partial charge is 0.253 e. The first-order valence-corrected chi connectivity index (χ1v) is 7.50. The first kappa shape index (κ1) is 14.7. The van der Waals surface area contributed by atoms with Crippen LogP contribution < -0.4 is 10.6 Å². The van der Waals surface area contributed by atoms with E-state index in [-0.39, 0.29) is 5.91 Å². The Bertz CT molecular complexity index is 606. The van der Waals surface area contributed by atoms with Crippen molar-refractivity contribution >= 4 is 5.91 Å². The fourth-order valence-corrected chi connectivity index (χ4v) is 2.57. The molecule has 1 fully saturated rings. The maximum absolute atomic E-state index is 12.4. The van der Waals surface area contributed by atoms with Gasteiger partial charge in [-0.2, -0.15) is 0 Å². The molecule has 1 aromatic carbocycles. The van der Waals surface area contributed by atoms with Gasteiger partial charge in [-0.05, 0) is 12.1 Å². The van der Waals surface area contributed by atoms with E-state index in [0.717, 1.165) is 38.4 Å². The van der Waals surface area contributed by atoms with Crippen molar-refractivity contribution in [1.29, 1.82) is 0 Å². The Hall–Kier alpha value is -2.25. The number of para-hydroxylation sites is 1. The average Bonchev–Trinajstić information content (AvgIpc) is 3.10. The maximum atomic E-state index is 12.4. The summed E-state index contributed by atoms with van der Waals surface area (Å²) in [5.74, 6) is -0.0700. The second kappa shape index (κ2) is 7.15. The van der Waals surface area contributed by atoms with Crippen LogP contribution in [0.2, 0.25) is 0 Å². The van der Waals surface area contributed by atoms with Crippen LogP contribution in [0.1, 0.15) is 10.4 Å². The van der Waals surface area contributed by atoms with Crippen LogP contribution >= 0.6 is 0 Å². The van der Waals surface area contributed by atoms with Crippen molar-refractivity contribution in [3.05, 3.63) is 42.5 Å². The van der Waals surface area contributed by atoms with Crippen molar-refractivity contribution in [3.8, 4) is 5.69 Å². The van der Waals surface area contributed by atoms with Gasteiger partial charge in [-0.25, -0.2) is 0 Å². The molecule has 7 heteroatoms. The number of nitrogens with zero attached hydrogens (tertiary/aromatic N) is 4. The van der Waals surface area contributed by atoms with Gasteiger partial charge in [-0.1, -0.05) is 12.1 Å². The first-order valence-electron chi connectivity index (χ1n) is 7.50. The Morgan fingerprint density at radius 2 is 1.91 bits per heavy atom. The lowest BCUT2D eigenvalue weighted by Gasteiger charge is -2.27. The topological polar surface area (TPSA) is 75.1 Å². The highest BCUT2D eigenvalue weighted by Crippen LogP contribution is 2.13. The largest absolute Gasteiger partial charge is 0.351 e. The molecule has 0 unspecified atom stereocenters. The Labute approximate surface area is 129 Å². The summed E-state index contributed by atoms with van der Waals surface area (Å²) in [5, 5.41) is 13.9. The zero-order valence-electron chi connectivity index (χ0n) is 12.4. The quantitative estimate of drug-likeness (QED) is 0.807. The molecule has 0 bridgehead atoms. The van der Waals surface area contributed by atoms with Gasteiger partial charge in [0.25, 0.3) is 5.91 Å². The Kier molecular flexibility index (Phi) is 4.77. The zero-order valence-corrected chi connectivity index (χ0v) is 12.4. The van der Waals surface area contributed by atoms with E-state index in [0.29, 0.717) is 12.1 Å². The Balaban J connectivity index is 1.60. The Morgan fingerprint density at radius 1 is 1.18 bits per heavy atom. The fraction of sp³-hybridized carbons (Fsp3) is 0.400. The number of aromatic nitrogens is 3. The van der Waals surface area contributed by atoms with Crippen LogP contribution in [0.25, 0.3) is 5.69 Å². The monoisotopic (exact) mass is 300 g/mol. The molecule has 116 valence electrons. The molecule has 2 N–H and O–H groups in total. The van der Waals surface area contributed by atoms with E-state index >= 15 is 0 Å². The minimum absolute atomic E-state index is 0.0700. The summed E-state index contributed by atoms with van der Waals surface area (Å²) in [6.07, 6.45) is 3.18. The summed E-state index contributed by atoms with van der Waals surface area (Å²) >= 11 is 0. The summed E-state index contributed by atoms with van der Waals surface area (Å²) in [4.78, 5) is 14.8. The Morgan fingerprint density at radius 3 is 2.68 bits per heavy atom. The molecule has 1 aromatic heterocycles. The summed E-state index contributed by atoms with van der Waals surface area (Å²) < 4.78 is 1.74. The van der Waals surface area contributed by atoms with E-state index in [1.54, 1.807) is 17.2 Å². The van der Waals surface area contributed by atoms with Crippen molar-refractivity contribution in [2.24, 2.45) is 0 Å². The third kappa shape index (κ3) is 3.49. The molecule has 2 heterocycles. The van der Waals surface area contributed by atoms with E-state index in [9.17, 15) is 4.79 Å². The van der Waals surface area contributed by atoms with Gasteiger partial charge in [0.05, 0.1) is 11.3 Å². The van der Waals surface area contributed by atoms with Gasteiger partial charge in [-0.15, -0.1) is 10.2 Å². The molecule has 1 aliphatic heterocycles. The van der Waals surface area contributed by atoms with E-state index < -0.39 is 0 Å². The standard InChI is InChI=1S/C15H20N6O/c22-15(17-7-10-20-8-5-16-6-9-20)13-3-1-2-4-14(13)21-11-18-19-12-21/h1-4,11-12,16H,5-10H2,(H,17,22). The molecular weight excluding hydrogens is 280 g/mol. The minimum Gasteiger partial charge on any atom is -0.351 e. The van der Waals surface area contributed by atoms with Gasteiger partial charge in [0.1, 0.15) is 12.7 Å². The second-order valence-corrected chi connectivity index (χ2v) is 5.23. The SMILES string of the molecule is O=C(NCCN1CCNCC1)c1ccccc1-n1cnnc1. The second-order valence-electron chi connectivity index (χ2n) is 5.23. The summed E-state index contributed by atoms with van der Waals surface area (Å²) in [6.45, 7) is 5.63.